The minimum absolute atomic E-state index is 0.00287. The Morgan fingerprint density at radius 1 is 0.775 bits per heavy atom. The number of carbonyl (C=O) groups is 10. The number of unbranched alkanes of at least 4 members (excludes halogenated alkanes) is 2. The predicted molar refractivity (Wildman–Crippen MR) is 379 cm³/mol. The molecule has 9 N–H and O–H groups in total. The number of carbonyl (C=O) groups excluding carboxylic acids is 8. The van der Waals surface area contributed by atoms with Crippen LogP contribution in [0.15, 0.2) is 109 Å². The summed E-state index contributed by atoms with van der Waals surface area (Å²) in [6, 6.07) is 21.3. The van der Waals surface area contributed by atoms with Gasteiger partial charge in [0, 0.05) is 96.5 Å². The maximum atomic E-state index is 14.8. The van der Waals surface area contributed by atoms with Crippen LogP contribution < -0.4 is 32.3 Å². The normalized spacial score (nSPS) is 20.2. The molecule has 9 amide bonds. The number of nitrogens with one attached hydrogen (secondary N) is 3. The van der Waals surface area contributed by atoms with E-state index in [1.54, 1.807) is 86.9 Å². The lowest BCUT2D eigenvalue weighted by atomic mass is 9.39. The van der Waals surface area contributed by atoms with Gasteiger partial charge in [0.15, 0.2) is 10.8 Å². The van der Waals surface area contributed by atoms with Crippen molar-refractivity contribution in [3.63, 3.8) is 0 Å². The fourth-order valence-corrected chi connectivity index (χ4v) is 17.3. The second-order valence-corrected chi connectivity index (χ2v) is 29.7. The molecular formula is C74H85N13O14S. The quantitative estimate of drug-likeness (QED) is 0.0152. The Morgan fingerprint density at radius 3 is 2.19 bits per heavy atom. The molecule has 4 atom stereocenters. The highest BCUT2D eigenvalue weighted by Crippen LogP contribution is 2.72. The number of carboxylic acid groups (broad SMARTS) is 2. The van der Waals surface area contributed by atoms with E-state index in [1.165, 1.54) is 33.3 Å². The van der Waals surface area contributed by atoms with E-state index in [9.17, 15) is 58.2 Å². The number of para-hydroxylation sites is 1. The van der Waals surface area contributed by atoms with Crippen molar-refractivity contribution in [1.29, 1.82) is 0 Å². The minimum Gasteiger partial charge on any atom is -0.481 e. The molecule has 4 bridgehead atoms. The number of nitrogens with two attached hydrogens (primary N) is 2. The number of hydrogen-bond acceptors (Lipinski definition) is 17. The summed E-state index contributed by atoms with van der Waals surface area (Å²) < 4.78 is 15.8. The van der Waals surface area contributed by atoms with E-state index in [1.807, 2.05) is 35.9 Å². The van der Waals surface area contributed by atoms with Gasteiger partial charge in [0.05, 0.1) is 46.3 Å². The van der Waals surface area contributed by atoms with Crippen LogP contribution in [-0.4, -0.2) is 155 Å². The number of pyridine rings is 2. The molecule has 2 unspecified atom stereocenters. The van der Waals surface area contributed by atoms with Crippen LogP contribution in [0.5, 0.6) is 0 Å². The molecule has 0 spiro atoms. The number of ether oxygens (including phenoxy) is 2. The van der Waals surface area contributed by atoms with Crippen LogP contribution in [0.4, 0.5) is 20.4 Å². The standard InChI is InChI=1S/C74H85N13O14S/c1-44(2)62(82-58(88)18-7-6-10-29-85-59(89)25-26-60(85)90)66(95)87(56(64(75)93)16-12-28-77-68(76)98)48-21-19-46(20-22-48)36-100-70(99)84(30-27-61(91)92)31-32-101-74-40-71(4)37-72(5,41-74)39-73(38-71,42-74)43-86-45(3)52(35-79-86)49-23-24-53(80-63(49)67(96)97)47-33-51-50(13-11-15-54(51)78-34-47)65(94)83-69-81-55-14-8-9-17-57(55)102-69/h8-9,11,13-15,17,19-26,33-35,44,56,62H,6-7,10,12,16,18,27-32,36-43H2,1-5H3,(H2,75,93)(H,82,88)(H,91,92)(H,96,97)(H3,76,77,98)(H,81,83,94)/t56-,62-,71?,72?,73?,74?/m0/s1. The summed E-state index contributed by atoms with van der Waals surface area (Å²) in [5.41, 5.74) is 15.0. The van der Waals surface area contributed by atoms with Crippen LogP contribution in [0.2, 0.25) is 0 Å². The number of hydrogen-bond donors (Lipinski definition) is 7. The molecule has 12 rings (SSSR count). The van der Waals surface area contributed by atoms with Gasteiger partial charge < -0.3 is 46.7 Å². The van der Waals surface area contributed by atoms with Gasteiger partial charge in [-0.3, -0.25) is 58.3 Å². The molecule has 1 aliphatic heterocycles. The number of urea groups is 1. The number of rotatable bonds is 32. The number of thiazole rings is 1. The number of primary amides is 2. The Morgan fingerprint density at radius 2 is 1.50 bits per heavy atom. The van der Waals surface area contributed by atoms with Crippen LogP contribution in [-0.2, 0) is 51.4 Å². The number of aromatic nitrogens is 5. The smallest absolute Gasteiger partial charge is 0.410 e. The zero-order valence-electron chi connectivity index (χ0n) is 57.7. The monoisotopic (exact) mass is 1410 g/mol. The summed E-state index contributed by atoms with van der Waals surface area (Å²) in [4.78, 5) is 147. The first-order chi connectivity index (χ1) is 48.6. The first-order valence-corrected chi connectivity index (χ1v) is 35.1. The summed E-state index contributed by atoms with van der Waals surface area (Å²) >= 11 is 1.37. The molecule has 0 saturated heterocycles. The Balaban J connectivity index is 0.743. The highest BCUT2D eigenvalue weighted by atomic mass is 32.1. The molecule has 28 heteroatoms. The number of nitrogens with zero attached hydrogens (tertiary/aromatic N) is 8. The Hall–Kier alpha value is -10.5. The van der Waals surface area contributed by atoms with Gasteiger partial charge >= 0.3 is 24.1 Å². The molecule has 5 aliphatic rings. The number of fused-ring (bicyclic) bond motifs is 2. The van der Waals surface area contributed by atoms with Gasteiger partial charge in [0.2, 0.25) is 11.8 Å². The van der Waals surface area contributed by atoms with Crippen molar-refractivity contribution >= 4 is 103 Å². The number of amides is 9. The molecule has 5 heterocycles. The molecule has 102 heavy (non-hydrogen) atoms. The van der Waals surface area contributed by atoms with E-state index < -0.39 is 65.4 Å². The maximum absolute atomic E-state index is 14.8. The molecule has 4 aromatic heterocycles. The molecule has 4 saturated carbocycles. The fraction of sp³-hybridized carbons (Fsp3) is 0.432. The summed E-state index contributed by atoms with van der Waals surface area (Å²) in [6.45, 7) is 10.5. The Kier molecular flexibility index (Phi) is 21.7. The molecule has 4 aliphatic carbocycles. The second-order valence-electron chi connectivity index (χ2n) is 28.6. The van der Waals surface area contributed by atoms with Crippen molar-refractivity contribution in [3.05, 3.63) is 132 Å². The van der Waals surface area contributed by atoms with Crippen molar-refractivity contribution in [2.24, 2.45) is 33.6 Å². The molecule has 4 fully saturated rings. The van der Waals surface area contributed by atoms with E-state index in [0.29, 0.717) is 81.8 Å². The lowest BCUT2D eigenvalue weighted by Gasteiger charge is -2.69. The third-order valence-corrected chi connectivity index (χ3v) is 20.8. The first-order valence-electron chi connectivity index (χ1n) is 34.3. The van der Waals surface area contributed by atoms with Gasteiger partial charge in [-0.1, -0.05) is 75.8 Å². The number of benzene rings is 3. The molecule has 0 radical (unpaired) electrons. The van der Waals surface area contributed by atoms with Crippen molar-refractivity contribution in [2.75, 3.05) is 43.0 Å². The van der Waals surface area contributed by atoms with Gasteiger partial charge in [-0.25, -0.2) is 24.4 Å². The van der Waals surface area contributed by atoms with Crippen molar-refractivity contribution < 1.29 is 67.6 Å². The lowest BCUT2D eigenvalue weighted by molar-refractivity contribution is -0.248. The van der Waals surface area contributed by atoms with Crippen LogP contribution in [0.1, 0.15) is 143 Å². The molecule has 3 aromatic carbocycles. The van der Waals surface area contributed by atoms with Gasteiger partial charge in [-0.15, -0.1) is 0 Å². The number of aliphatic carboxylic acids is 1. The topological polar surface area (TPSA) is 384 Å². The van der Waals surface area contributed by atoms with E-state index in [2.05, 4.69) is 39.8 Å². The third kappa shape index (κ3) is 16.6. The number of anilines is 2. The Labute approximate surface area is 592 Å². The molecular weight excluding hydrogens is 1330 g/mol. The summed E-state index contributed by atoms with van der Waals surface area (Å²) in [6.07, 6.45) is 11.2. The minimum atomic E-state index is -1.25. The lowest BCUT2D eigenvalue weighted by Crippen LogP contribution is -2.64. The number of imide groups is 1. The van der Waals surface area contributed by atoms with Gasteiger partial charge in [-0.05, 0) is 153 Å². The van der Waals surface area contributed by atoms with E-state index in [-0.39, 0.29) is 110 Å². The summed E-state index contributed by atoms with van der Waals surface area (Å²) in [5.74, 6) is -5.89. The first kappa shape index (κ1) is 72.8. The number of carboxylic acids is 2. The van der Waals surface area contributed by atoms with Crippen molar-refractivity contribution in [1.82, 2.24) is 45.2 Å². The van der Waals surface area contributed by atoms with Gasteiger partial charge in [-0.2, -0.15) is 5.10 Å². The van der Waals surface area contributed by atoms with Gasteiger partial charge in [0.25, 0.3) is 23.6 Å². The van der Waals surface area contributed by atoms with Crippen molar-refractivity contribution in [2.45, 2.75) is 149 Å². The van der Waals surface area contributed by atoms with Gasteiger partial charge in [0.1, 0.15) is 18.7 Å². The molecule has 7 aromatic rings. The van der Waals surface area contributed by atoms with Crippen LogP contribution in [0.3, 0.4) is 0 Å². The van der Waals surface area contributed by atoms with Crippen LogP contribution >= 0.6 is 11.3 Å². The SMILES string of the molecule is Cc1c(-c2ccc(-c3cnc4cccc(C(=O)Nc5nc6ccccc6s5)c4c3)nc2C(=O)O)cnn1CC12CC3(C)CC(C)(C1)CC(OCCN(CCC(=O)O)C(=O)OCc1ccc(N(C(=O)[C@@H](NC(=O)CCCCCN4C(=O)C=CC4=O)C(C)C)[C@@H](CCCNC(N)=O)C(N)=O)cc1)(C3)C2. The third-order valence-electron chi connectivity index (χ3n) is 19.9. The molecule has 27 nitrogen and oxygen atoms in total. The van der Waals surface area contributed by atoms with E-state index >= 15 is 0 Å². The summed E-state index contributed by atoms with van der Waals surface area (Å²) in [7, 11) is 0. The average Bonchev–Trinajstić information content (AvgIpc) is 0.716. The largest absolute Gasteiger partial charge is 0.481 e. The van der Waals surface area contributed by atoms with Crippen LogP contribution in [0.25, 0.3) is 43.5 Å². The predicted octanol–water partition coefficient (Wildman–Crippen LogP) is 9.54. The van der Waals surface area contributed by atoms with Crippen LogP contribution in [0, 0.1) is 29.1 Å². The highest BCUT2D eigenvalue weighted by Gasteiger charge is 2.66. The zero-order valence-corrected chi connectivity index (χ0v) is 58.5. The second kappa shape index (κ2) is 30.4. The van der Waals surface area contributed by atoms with E-state index in [0.717, 1.165) is 52.9 Å². The number of aromatic carboxylic acids is 1. The Bertz CT molecular complexity index is 4390. The van der Waals surface area contributed by atoms with Crippen molar-refractivity contribution in [3.8, 4) is 22.4 Å². The maximum Gasteiger partial charge on any atom is 0.410 e. The fourth-order valence-electron chi connectivity index (χ4n) is 16.5. The average molecular weight is 1410 g/mol. The van der Waals surface area contributed by atoms with E-state index in [4.69, 9.17) is 31.0 Å². The zero-order chi connectivity index (χ0) is 72.8. The highest BCUT2D eigenvalue weighted by molar-refractivity contribution is 7.22. The summed E-state index contributed by atoms with van der Waals surface area (Å²) in [5, 5.41) is 34.7. The molecule has 536 valence electrons.